The first-order chi connectivity index (χ1) is 26.3. The number of hydrogen-bond donors (Lipinski definition) is 0. The van der Waals surface area contributed by atoms with E-state index in [1.54, 1.807) is 41.5 Å². The lowest BCUT2D eigenvalue weighted by molar-refractivity contribution is 1.70. The smallest absolute Gasteiger partial charge is 0.0632 e. The van der Waals surface area contributed by atoms with E-state index in [4.69, 9.17) is 0 Å². The fourth-order valence-corrected chi connectivity index (χ4v) is 156. The Labute approximate surface area is 319 Å². The van der Waals surface area contributed by atoms with Gasteiger partial charge in [-0.15, -0.1) is 0 Å². The van der Waals surface area contributed by atoms with Crippen LogP contribution in [-0.4, -0.2) is 37.0 Å². The van der Waals surface area contributed by atoms with Crippen LogP contribution in [0.3, 0.4) is 0 Å². The molecule has 8 aromatic carbocycles. The lowest BCUT2D eigenvalue weighted by Crippen LogP contribution is -3.00. The average molecular weight is 757 g/mol. The highest BCUT2D eigenvalue weighted by molar-refractivity contribution is 8.19. The second kappa shape index (κ2) is 14.0. The Morgan fingerprint density at radius 1 is 0.189 bits per heavy atom. The molecule has 0 aromatic heterocycles. The maximum Gasteiger partial charge on any atom is 0.120 e. The fourth-order valence-electron chi connectivity index (χ4n) is 10.1. The Kier molecular flexibility index (Phi) is 8.90. The van der Waals surface area contributed by atoms with E-state index < -0.39 is 28.4 Å². The van der Waals surface area contributed by atoms with Crippen molar-refractivity contribution in [3.05, 3.63) is 243 Å². The minimum atomic E-state index is -3.06. The van der Waals surface area contributed by atoms with Gasteiger partial charge in [0.15, 0.2) is 0 Å². The molecule has 0 nitrogen and oxygen atoms in total. The van der Waals surface area contributed by atoms with E-state index in [2.05, 4.69) is 243 Å². The van der Waals surface area contributed by atoms with Gasteiger partial charge in [-0.25, -0.2) is 0 Å². The Balaban J connectivity index is 1.69. The van der Waals surface area contributed by atoms with Crippen molar-refractivity contribution in [1.82, 2.24) is 0 Å². The van der Waals surface area contributed by atoms with Crippen LogP contribution in [0, 0.1) is 0 Å². The summed E-state index contributed by atoms with van der Waals surface area (Å²) in [6.07, 6.45) is 0. The summed E-state index contributed by atoms with van der Waals surface area (Å²) in [6.45, 7) is 0. The first-order valence-corrected chi connectivity index (χ1v) is 32.5. The van der Waals surface area contributed by atoms with Crippen molar-refractivity contribution < 1.29 is 0 Å². The van der Waals surface area contributed by atoms with E-state index in [1.165, 1.54) is 0 Å². The molecule has 1 aliphatic heterocycles. The van der Waals surface area contributed by atoms with Crippen LogP contribution in [0.2, 0.25) is 0 Å². The Bertz CT molecular complexity index is 2060. The van der Waals surface area contributed by atoms with Gasteiger partial charge in [-0.2, -0.15) is 0 Å². The minimum absolute atomic E-state index is 0.747. The molecule has 0 unspecified atom stereocenters. The molecule has 0 N–H and O–H groups in total. The predicted octanol–water partition coefficient (Wildman–Crippen LogP) is 4.99. The highest BCUT2D eigenvalue weighted by Crippen LogP contribution is 2.42. The fraction of sp³-hybridized carbons (Fsp3) is 0. The van der Waals surface area contributed by atoms with E-state index in [-0.39, 0.29) is 0 Å². The van der Waals surface area contributed by atoms with E-state index in [0.29, 0.717) is 0 Å². The van der Waals surface area contributed by atoms with Gasteiger partial charge in [0.05, 0.1) is 0 Å². The van der Waals surface area contributed by atoms with Gasteiger partial charge in [0.25, 0.3) is 0 Å². The average Bonchev–Trinajstić information content (AvgIpc) is 3.54. The molecule has 0 atom stereocenters. The molecule has 53 heavy (non-hydrogen) atoms. The zero-order valence-corrected chi connectivity index (χ0v) is 34.6. The zero-order valence-electron chi connectivity index (χ0n) is 29.6. The predicted molar refractivity (Wildman–Crippen MR) is 237 cm³/mol. The van der Waals surface area contributed by atoms with E-state index in [0.717, 1.165) is 8.55 Å². The van der Waals surface area contributed by atoms with E-state index in [9.17, 15) is 0 Å². The number of benzene rings is 8. The summed E-state index contributed by atoms with van der Waals surface area (Å²) >= 11 is 0. The summed E-state index contributed by atoms with van der Waals surface area (Å²) in [5, 5.41) is 12.6. The van der Waals surface area contributed by atoms with E-state index >= 15 is 0 Å². The molecule has 2 radical (unpaired) electrons. The van der Waals surface area contributed by atoms with Gasteiger partial charge in [-0.05, 0) is 0 Å². The third-order valence-electron chi connectivity index (χ3n) is 11.7. The quantitative estimate of drug-likeness (QED) is 0.192. The van der Waals surface area contributed by atoms with Gasteiger partial charge in [0.2, 0.25) is 0 Å². The highest BCUT2D eigenvalue weighted by atomic mass is 30.2. The van der Waals surface area contributed by atoms with Crippen LogP contribution in [0.25, 0.3) is 0 Å². The topological polar surface area (TPSA) is 0 Å². The third kappa shape index (κ3) is 4.82. The molecule has 1 heterocycles. The monoisotopic (exact) mass is 756 g/mol. The second-order valence-corrected chi connectivity index (χ2v) is 51.9. The van der Waals surface area contributed by atoms with Crippen molar-refractivity contribution in [3.8, 4) is 0 Å². The van der Waals surface area contributed by atoms with Gasteiger partial charge in [-0.1, -0.05) is 284 Å². The summed E-state index contributed by atoms with van der Waals surface area (Å²) < 4.78 is 0. The third-order valence-corrected chi connectivity index (χ3v) is 92.2. The molecular formula is C48H40Si5. The van der Waals surface area contributed by atoms with Crippen molar-refractivity contribution in [2.45, 2.75) is 0 Å². The molecular weight excluding hydrogens is 717 g/mol. The first kappa shape index (κ1) is 33.7. The van der Waals surface area contributed by atoms with Crippen molar-refractivity contribution in [3.63, 3.8) is 0 Å². The SMILES string of the molecule is c1ccc([Si]2(c3ccccc3)[Si][Si](c3ccccc3)(c3ccccc3)[Si](c3ccccc3)(c3ccccc3)[Si]2(c2ccccc2)c2ccccc2)cc1. The van der Waals surface area contributed by atoms with Crippen LogP contribution < -0.4 is 41.5 Å². The van der Waals surface area contributed by atoms with Crippen molar-refractivity contribution in [2.75, 3.05) is 0 Å². The molecule has 5 heteroatoms. The van der Waals surface area contributed by atoms with Gasteiger partial charge in [-0.3, -0.25) is 0 Å². The molecule has 8 aromatic rings. The van der Waals surface area contributed by atoms with Crippen LogP contribution in [0.4, 0.5) is 0 Å². The van der Waals surface area contributed by atoms with Gasteiger partial charge >= 0.3 is 0 Å². The molecule has 1 aliphatic rings. The summed E-state index contributed by atoms with van der Waals surface area (Å²) in [5.74, 6) is 0. The van der Waals surface area contributed by atoms with Crippen LogP contribution in [0.1, 0.15) is 0 Å². The molecule has 1 fully saturated rings. The molecule has 0 aliphatic carbocycles. The van der Waals surface area contributed by atoms with Gasteiger partial charge < -0.3 is 0 Å². The molecule has 9 rings (SSSR count). The van der Waals surface area contributed by atoms with Crippen molar-refractivity contribution in [2.24, 2.45) is 0 Å². The lowest BCUT2D eigenvalue weighted by atomic mass is 10.4. The van der Waals surface area contributed by atoms with Gasteiger partial charge in [0.1, 0.15) is 28.4 Å². The Morgan fingerprint density at radius 2 is 0.340 bits per heavy atom. The summed E-state index contributed by atoms with van der Waals surface area (Å²) in [6, 6.07) is 95.9. The number of hydrogen-bond acceptors (Lipinski definition) is 0. The molecule has 0 saturated carbocycles. The minimum Gasteiger partial charge on any atom is -0.0632 e. The standard InChI is InChI=1S/C48H40Si5/c1-9-25-41(26-10-1)50(42-27-11-2-12-28-42)49-51(43-29-13-3-14-30-43,44-31-15-4-16-32-44)53(47-37-21-7-22-38-47,48-39-23-8-24-40-48)52(50,45-33-17-5-18-34-45)46-35-19-6-20-36-46/h1-40H. The normalized spacial score (nSPS) is 16.5. The van der Waals surface area contributed by atoms with Crippen molar-refractivity contribution in [1.29, 1.82) is 0 Å². The summed E-state index contributed by atoms with van der Waals surface area (Å²) in [4.78, 5) is 0. The van der Waals surface area contributed by atoms with Crippen LogP contribution in [0.5, 0.6) is 0 Å². The molecule has 252 valence electrons. The van der Waals surface area contributed by atoms with Crippen molar-refractivity contribution >= 4 is 78.5 Å². The lowest BCUT2D eigenvalue weighted by Gasteiger charge is -2.56. The Morgan fingerprint density at radius 3 is 0.509 bits per heavy atom. The Hall–Kier alpha value is -5.16. The van der Waals surface area contributed by atoms with Crippen LogP contribution in [-0.2, 0) is 0 Å². The highest BCUT2D eigenvalue weighted by Gasteiger charge is 2.84. The summed E-state index contributed by atoms with van der Waals surface area (Å²) in [5.41, 5.74) is 0. The zero-order chi connectivity index (χ0) is 35.6. The van der Waals surface area contributed by atoms with Gasteiger partial charge in [0, 0.05) is 8.55 Å². The number of rotatable bonds is 8. The van der Waals surface area contributed by atoms with Crippen LogP contribution >= 0.6 is 0 Å². The molecule has 0 spiro atoms. The van der Waals surface area contributed by atoms with Crippen LogP contribution in [0.15, 0.2) is 243 Å². The second-order valence-electron chi connectivity index (χ2n) is 14.1. The summed E-state index contributed by atoms with van der Waals surface area (Å²) in [7, 11) is -11.1. The molecule has 0 bridgehead atoms. The molecule has 0 amide bonds. The largest absolute Gasteiger partial charge is 0.120 e. The maximum atomic E-state index is 2.56. The molecule has 1 saturated heterocycles. The van der Waals surface area contributed by atoms with E-state index in [1.807, 2.05) is 0 Å². The first-order valence-electron chi connectivity index (χ1n) is 18.5. The maximum absolute atomic E-state index is 3.06.